The van der Waals surface area contributed by atoms with E-state index < -0.39 is 0 Å². The molecule has 0 N–H and O–H groups in total. The van der Waals surface area contributed by atoms with Crippen LogP contribution in [0.15, 0.2) is 54.6 Å². The van der Waals surface area contributed by atoms with E-state index in [9.17, 15) is 0 Å². The van der Waals surface area contributed by atoms with Gasteiger partial charge in [0.1, 0.15) is 0 Å². The molecule has 2 rings (SSSR count). The summed E-state index contributed by atoms with van der Waals surface area (Å²) in [6, 6.07) is 19.3. The van der Waals surface area contributed by atoms with Gasteiger partial charge in [0.15, 0.2) is 0 Å². The lowest BCUT2D eigenvalue weighted by atomic mass is 10.0. The number of hydrogen-bond acceptors (Lipinski definition) is 0. The molecule has 0 bridgehead atoms. The van der Waals surface area contributed by atoms with Gasteiger partial charge in [0.2, 0.25) is 0 Å². The minimum Gasteiger partial charge on any atom is -0.0628 e. The maximum atomic E-state index is 2.28. The Bertz CT molecular complexity index is 451. The molecule has 0 heterocycles. The highest BCUT2D eigenvalue weighted by atomic mass is 14.0. The fourth-order valence-corrected chi connectivity index (χ4v) is 1.93. The summed E-state index contributed by atoms with van der Waals surface area (Å²) < 4.78 is 0. The van der Waals surface area contributed by atoms with Crippen molar-refractivity contribution in [2.45, 2.75) is 47.0 Å². The largest absolute Gasteiger partial charge is 0.0628 e. The molecule has 20 heavy (non-hydrogen) atoms. The molecule has 0 nitrogen and oxygen atoms in total. The molecule has 0 heteroatoms. The van der Waals surface area contributed by atoms with E-state index >= 15 is 0 Å². The van der Waals surface area contributed by atoms with Gasteiger partial charge in [-0.15, -0.1) is 0 Å². The molecule has 0 aliphatic rings. The lowest BCUT2D eigenvalue weighted by molar-refractivity contribution is 0.586. The fraction of sp³-hybridized carbons (Fsp3) is 0.400. The molecule has 0 unspecified atom stereocenters. The molecule has 0 saturated carbocycles. The second-order valence-corrected chi connectivity index (χ2v) is 5.76. The predicted molar refractivity (Wildman–Crippen MR) is 90.2 cm³/mol. The first-order chi connectivity index (χ1) is 9.61. The average Bonchev–Trinajstić information content (AvgIpc) is 2.47. The van der Waals surface area contributed by atoms with Crippen molar-refractivity contribution < 1.29 is 0 Å². The lowest BCUT2D eigenvalue weighted by Gasteiger charge is -2.05. The van der Waals surface area contributed by atoms with Gasteiger partial charge in [0.25, 0.3) is 0 Å². The van der Waals surface area contributed by atoms with Crippen molar-refractivity contribution >= 4 is 0 Å². The Morgan fingerprint density at radius 3 is 1.75 bits per heavy atom. The van der Waals surface area contributed by atoms with Gasteiger partial charge in [-0.2, -0.15) is 0 Å². The van der Waals surface area contributed by atoms with E-state index in [1.165, 1.54) is 29.5 Å². The van der Waals surface area contributed by atoms with Crippen molar-refractivity contribution in [3.05, 3.63) is 71.3 Å². The zero-order valence-corrected chi connectivity index (χ0v) is 13.4. The van der Waals surface area contributed by atoms with E-state index in [0.717, 1.165) is 12.3 Å². The van der Waals surface area contributed by atoms with Crippen LogP contribution in [0.5, 0.6) is 0 Å². The Hall–Kier alpha value is -1.56. The Labute approximate surface area is 124 Å². The molecule has 0 amide bonds. The Morgan fingerprint density at radius 1 is 0.800 bits per heavy atom. The van der Waals surface area contributed by atoms with Gasteiger partial charge in [-0.05, 0) is 43.2 Å². The molecular weight excluding hydrogens is 240 g/mol. The molecule has 2 aromatic rings. The van der Waals surface area contributed by atoms with Crippen LogP contribution in [0.3, 0.4) is 0 Å². The molecule has 0 fully saturated rings. The molecule has 0 spiro atoms. The molecule has 108 valence electrons. The van der Waals surface area contributed by atoms with Crippen LogP contribution in [0.1, 0.15) is 43.9 Å². The van der Waals surface area contributed by atoms with Crippen LogP contribution in [-0.4, -0.2) is 0 Å². The summed E-state index contributed by atoms with van der Waals surface area (Å²) in [5.74, 6) is 0.811. The smallest absolute Gasteiger partial charge is 0.0276 e. The third-order valence-electron chi connectivity index (χ3n) is 3.38. The third-order valence-corrected chi connectivity index (χ3v) is 3.38. The minimum absolute atomic E-state index is 0.811. The zero-order chi connectivity index (χ0) is 14.8. The lowest BCUT2D eigenvalue weighted by Crippen LogP contribution is -1.92. The molecule has 0 saturated heterocycles. The first-order valence-corrected chi connectivity index (χ1v) is 7.71. The van der Waals surface area contributed by atoms with E-state index in [0.29, 0.717) is 0 Å². The second-order valence-electron chi connectivity index (χ2n) is 5.76. The zero-order valence-electron chi connectivity index (χ0n) is 13.4. The number of rotatable bonds is 4. The van der Waals surface area contributed by atoms with Crippen molar-refractivity contribution in [2.75, 3.05) is 0 Å². The minimum atomic E-state index is 0.811. The van der Waals surface area contributed by atoms with Crippen molar-refractivity contribution in [1.29, 1.82) is 0 Å². The maximum absolute atomic E-state index is 2.28. The van der Waals surface area contributed by atoms with Gasteiger partial charge in [-0.25, -0.2) is 0 Å². The van der Waals surface area contributed by atoms with Gasteiger partial charge >= 0.3 is 0 Å². The standard InChI is InChI=1S/C13H20.C7H8/c1-4-12-7-9-13(10-8-12)6-5-11(2)3;1-7-5-3-2-4-6-7/h7-11H,4-6H2,1-3H3;2-6H,1H3. The van der Waals surface area contributed by atoms with Crippen LogP contribution in [0.25, 0.3) is 0 Å². The SMILES string of the molecule is CCc1ccc(CCC(C)C)cc1.Cc1ccccc1. The van der Waals surface area contributed by atoms with E-state index in [4.69, 9.17) is 0 Å². The first kappa shape index (κ1) is 16.5. The van der Waals surface area contributed by atoms with Crippen LogP contribution < -0.4 is 0 Å². The molecular formula is C20H28. The summed E-state index contributed by atoms with van der Waals surface area (Å²) in [6.45, 7) is 8.84. The molecule has 0 atom stereocenters. The van der Waals surface area contributed by atoms with Crippen molar-refractivity contribution in [1.82, 2.24) is 0 Å². The van der Waals surface area contributed by atoms with Crippen LogP contribution in [0, 0.1) is 12.8 Å². The average molecular weight is 268 g/mol. The summed E-state index contributed by atoms with van der Waals surface area (Å²) in [4.78, 5) is 0. The third kappa shape index (κ3) is 7.13. The Balaban J connectivity index is 0.000000240. The highest BCUT2D eigenvalue weighted by molar-refractivity contribution is 5.22. The Morgan fingerprint density at radius 2 is 1.35 bits per heavy atom. The summed E-state index contributed by atoms with van der Waals surface area (Å²) in [6.07, 6.45) is 3.66. The normalized spacial score (nSPS) is 10.1. The van der Waals surface area contributed by atoms with Gasteiger partial charge in [-0.3, -0.25) is 0 Å². The highest BCUT2D eigenvalue weighted by Crippen LogP contribution is 2.10. The fourth-order valence-electron chi connectivity index (χ4n) is 1.93. The van der Waals surface area contributed by atoms with E-state index in [1.54, 1.807) is 0 Å². The topological polar surface area (TPSA) is 0 Å². The summed E-state index contributed by atoms with van der Waals surface area (Å²) in [5.41, 5.74) is 4.24. The highest BCUT2D eigenvalue weighted by Gasteiger charge is 1.96. The Kier molecular flexibility index (Phi) is 7.72. The molecule has 2 aromatic carbocycles. The van der Waals surface area contributed by atoms with Gasteiger partial charge in [0.05, 0.1) is 0 Å². The first-order valence-electron chi connectivity index (χ1n) is 7.71. The summed E-state index contributed by atoms with van der Waals surface area (Å²) in [5, 5.41) is 0. The molecule has 0 aliphatic carbocycles. The van der Waals surface area contributed by atoms with Crippen LogP contribution in [0.2, 0.25) is 0 Å². The van der Waals surface area contributed by atoms with Gasteiger partial charge in [-0.1, -0.05) is 80.9 Å². The van der Waals surface area contributed by atoms with E-state index in [1.807, 2.05) is 18.2 Å². The van der Waals surface area contributed by atoms with Crippen LogP contribution >= 0.6 is 0 Å². The molecule has 0 aromatic heterocycles. The molecule has 0 aliphatic heterocycles. The number of benzene rings is 2. The van der Waals surface area contributed by atoms with Crippen LogP contribution in [0.4, 0.5) is 0 Å². The maximum Gasteiger partial charge on any atom is -0.0276 e. The van der Waals surface area contributed by atoms with Gasteiger partial charge in [0, 0.05) is 0 Å². The van der Waals surface area contributed by atoms with E-state index in [-0.39, 0.29) is 0 Å². The number of hydrogen-bond donors (Lipinski definition) is 0. The second kappa shape index (κ2) is 9.36. The van der Waals surface area contributed by atoms with Crippen LogP contribution in [-0.2, 0) is 12.8 Å². The summed E-state index contributed by atoms with van der Waals surface area (Å²) in [7, 11) is 0. The monoisotopic (exact) mass is 268 g/mol. The summed E-state index contributed by atoms with van der Waals surface area (Å²) >= 11 is 0. The predicted octanol–water partition coefficient (Wildman–Crippen LogP) is 5.83. The number of aryl methyl sites for hydroxylation is 3. The van der Waals surface area contributed by atoms with Crippen molar-refractivity contribution in [2.24, 2.45) is 5.92 Å². The van der Waals surface area contributed by atoms with E-state index in [2.05, 4.69) is 64.1 Å². The molecule has 0 radical (unpaired) electrons. The quantitative estimate of drug-likeness (QED) is 0.654. The van der Waals surface area contributed by atoms with Crippen molar-refractivity contribution in [3.63, 3.8) is 0 Å². The van der Waals surface area contributed by atoms with Crippen molar-refractivity contribution in [3.8, 4) is 0 Å². The van der Waals surface area contributed by atoms with Gasteiger partial charge < -0.3 is 0 Å².